The summed E-state index contributed by atoms with van der Waals surface area (Å²) in [4.78, 5) is 12.1. The quantitative estimate of drug-likeness (QED) is 0.420. The summed E-state index contributed by atoms with van der Waals surface area (Å²) in [6, 6.07) is 20.1. The molecule has 0 aliphatic carbocycles. The molecule has 4 nitrogen and oxygen atoms in total. The number of hydrogen-bond acceptors (Lipinski definition) is 3. The Morgan fingerprint density at radius 2 is 1.79 bits per heavy atom. The number of hydrazone groups is 1. The second kappa shape index (κ2) is 9.40. The van der Waals surface area contributed by atoms with Crippen LogP contribution in [0, 0.1) is 6.92 Å². The van der Waals surface area contributed by atoms with Crippen LogP contribution in [0.2, 0.25) is 10.0 Å². The third-order valence-electron chi connectivity index (χ3n) is 4.04. The Morgan fingerprint density at radius 3 is 2.50 bits per heavy atom. The fraction of sp³-hybridized carbons (Fsp3) is 0.0909. The van der Waals surface area contributed by atoms with Gasteiger partial charge in [0.25, 0.3) is 5.91 Å². The van der Waals surface area contributed by atoms with Crippen LogP contribution in [0.5, 0.6) is 5.75 Å². The van der Waals surface area contributed by atoms with Crippen molar-refractivity contribution in [3.05, 3.63) is 99.0 Å². The highest BCUT2D eigenvalue weighted by Crippen LogP contribution is 2.23. The molecule has 0 bridgehead atoms. The summed E-state index contributed by atoms with van der Waals surface area (Å²) in [7, 11) is 0. The van der Waals surface area contributed by atoms with E-state index in [1.54, 1.807) is 24.4 Å². The molecule has 0 saturated heterocycles. The topological polar surface area (TPSA) is 50.7 Å². The Balaban J connectivity index is 1.54. The molecular weight excluding hydrogens is 395 g/mol. The molecule has 0 heterocycles. The first-order chi connectivity index (χ1) is 13.5. The van der Waals surface area contributed by atoms with Gasteiger partial charge in [0, 0.05) is 5.56 Å². The van der Waals surface area contributed by atoms with Crippen LogP contribution in [-0.2, 0) is 6.61 Å². The first-order valence-corrected chi connectivity index (χ1v) is 9.34. The second-order valence-corrected chi connectivity index (χ2v) is 6.93. The van der Waals surface area contributed by atoms with Gasteiger partial charge in [0.1, 0.15) is 12.4 Å². The Hall–Kier alpha value is -2.82. The predicted octanol–water partition coefficient (Wildman–Crippen LogP) is 5.64. The Labute approximate surface area is 173 Å². The van der Waals surface area contributed by atoms with Crippen LogP contribution in [0.1, 0.15) is 27.0 Å². The number of aryl methyl sites for hydroxylation is 1. The summed E-state index contributed by atoms with van der Waals surface area (Å²) in [6.07, 6.45) is 1.58. The molecule has 0 unspecified atom stereocenters. The maximum absolute atomic E-state index is 12.1. The zero-order valence-electron chi connectivity index (χ0n) is 15.2. The molecule has 28 heavy (non-hydrogen) atoms. The van der Waals surface area contributed by atoms with Gasteiger partial charge < -0.3 is 4.74 Å². The van der Waals surface area contributed by atoms with Crippen molar-refractivity contribution in [1.29, 1.82) is 0 Å². The number of ether oxygens (including phenoxy) is 1. The van der Waals surface area contributed by atoms with E-state index in [-0.39, 0.29) is 5.91 Å². The van der Waals surface area contributed by atoms with Crippen LogP contribution in [0.25, 0.3) is 0 Å². The number of nitrogens with one attached hydrogen (secondary N) is 1. The van der Waals surface area contributed by atoms with E-state index in [2.05, 4.69) is 10.5 Å². The van der Waals surface area contributed by atoms with Crippen LogP contribution in [0.15, 0.2) is 71.8 Å². The van der Waals surface area contributed by atoms with Crippen molar-refractivity contribution < 1.29 is 9.53 Å². The molecule has 0 atom stereocenters. The lowest BCUT2D eigenvalue weighted by atomic mass is 10.1. The zero-order valence-corrected chi connectivity index (χ0v) is 16.7. The Bertz CT molecular complexity index is 1000. The minimum Gasteiger partial charge on any atom is -0.489 e. The number of nitrogens with zero attached hydrogens (tertiary/aromatic N) is 1. The average molecular weight is 413 g/mol. The van der Waals surface area contributed by atoms with E-state index in [1.165, 1.54) is 0 Å². The normalized spacial score (nSPS) is 10.8. The highest BCUT2D eigenvalue weighted by Gasteiger charge is 2.06. The summed E-state index contributed by atoms with van der Waals surface area (Å²) in [5.74, 6) is 0.475. The van der Waals surface area contributed by atoms with E-state index in [0.29, 0.717) is 28.0 Å². The summed E-state index contributed by atoms with van der Waals surface area (Å²) < 4.78 is 5.74. The lowest BCUT2D eigenvalue weighted by molar-refractivity contribution is 0.0954. The van der Waals surface area contributed by atoms with E-state index in [4.69, 9.17) is 27.9 Å². The fourth-order valence-electron chi connectivity index (χ4n) is 2.50. The molecule has 0 aliphatic rings. The van der Waals surface area contributed by atoms with Crippen LogP contribution in [0.3, 0.4) is 0 Å². The van der Waals surface area contributed by atoms with Crippen LogP contribution in [-0.4, -0.2) is 12.1 Å². The van der Waals surface area contributed by atoms with E-state index >= 15 is 0 Å². The van der Waals surface area contributed by atoms with E-state index < -0.39 is 0 Å². The highest BCUT2D eigenvalue weighted by atomic mass is 35.5. The van der Waals surface area contributed by atoms with Crippen molar-refractivity contribution in [3.8, 4) is 5.75 Å². The largest absolute Gasteiger partial charge is 0.489 e. The summed E-state index contributed by atoms with van der Waals surface area (Å²) in [6.45, 7) is 2.27. The summed E-state index contributed by atoms with van der Waals surface area (Å²) in [5, 5.41) is 5.03. The van der Waals surface area contributed by atoms with Gasteiger partial charge in [-0.25, -0.2) is 5.43 Å². The van der Waals surface area contributed by atoms with Gasteiger partial charge >= 0.3 is 0 Å². The third-order valence-corrected chi connectivity index (χ3v) is 4.78. The number of amides is 1. The fourth-order valence-corrected chi connectivity index (χ4v) is 2.82. The summed E-state index contributed by atoms with van der Waals surface area (Å²) in [5.41, 5.74) is 5.81. The minimum atomic E-state index is -0.240. The number of halogens is 2. The maximum Gasteiger partial charge on any atom is 0.271 e. The lowest BCUT2D eigenvalue weighted by Gasteiger charge is -2.07. The van der Waals surface area contributed by atoms with Crippen LogP contribution >= 0.6 is 23.2 Å². The number of carbonyl (C=O) groups excluding carboxylic acids is 1. The third kappa shape index (κ3) is 5.35. The van der Waals surface area contributed by atoms with Crippen LogP contribution in [0.4, 0.5) is 0 Å². The van der Waals surface area contributed by atoms with Gasteiger partial charge in [0.05, 0.1) is 16.3 Å². The molecule has 0 aliphatic heterocycles. The van der Waals surface area contributed by atoms with Crippen molar-refractivity contribution in [2.75, 3.05) is 0 Å². The second-order valence-electron chi connectivity index (χ2n) is 6.12. The first kappa shape index (κ1) is 19.9. The average Bonchev–Trinajstić information content (AvgIpc) is 2.70. The molecule has 0 saturated carbocycles. The number of rotatable bonds is 6. The molecule has 1 N–H and O–H groups in total. The standard InChI is InChI=1S/C22H18Cl2N2O2/c1-15-4-2-3-5-19(15)22(27)26-25-13-16-6-9-18(10-7-16)28-14-17-8-11-20(23)21(24)12-17/h2-13H,14H2,1H3,(H,26,27)/b25-13-. The number of carbonyl (C=O) groups is 1. The van der Waals surface area contributed by atoms with Crippen molar-refractivity contribution in [1.82, 2.24) is 5.43 Å². The molecule has 3 aromatic carbocycles. The van der Waals surface area contributed by atoms with Gasteiger partial charge in [-0.2, -0.15) is 5.10 Å². The Kier molecular flexibility index (Phi) is 6.69. The van der Waals surface area contributed by atoms with E-state index in [1.807, 2.05) is 55.5 Å². The van der Waals surface area contributed by atoms with Crippen molar-refractivity contribution in [2.24, 2.45) is 5.10 Å². The number of benzene rings is 3. The maximum atomic E-state index is 12.1. The molecule has 6 heteroatoms. The molecule has 0 fully saturated rings. The molecule has 3 aromatic rings. The van der Waals surface area contributed by atoms with Gasteiger partial charge in [-0.3, -0.25) is 4.79 Å². The number of hydrogen-bond donors (Lipinski definition) is 1. The molecule has 0 aromatic heterocycles. The SMILES string of the molecule is Cc1ccccc1C(=O)N/N=C\c1ccc(OCc2ccc(Cl)c(Cl)c2)cc1. The zero-order chi connectivity index (χ0) is 19.9. The van der Waals surface area contributed by atoms with Crippen molar-refractivity contribution in [3.63, 3.8) is 0 Å². The highest BCUT2D eigenvalue weighted by molar-refractivity contribution is 6.42. The van der Waals surface area contributed by atoms with E-state index in [9.17, 15) is 4.79 Å². The van der Waals surface area contributed by atoms with E-state index in [0.717, 1.165) is 16.7 Å². The molecule has 1 amide bonds. The molecule has 0 spiro atoms. The predicted molar refractivity (Wildman–Crippen MR) is 113 cm³/mol. The van der Waals surface area contributed by atoms with Gasteiger partial charge in [-0.05, 0) is 66.1 Å². The van der Waals surface area contributed by atoms with Crippen molar-refractivity contribution >= 4 is 35.3 Å². The lowest BCUT2D eigenvalue weighted by Crippen LogP contribution is -2.18. The molecular formula is C22H18Cl2N2O2. The summed E-state index contributed by atoms with van der Waals surface area (Å²) >= 11 is 11.9. The first-order valence-electron chi connectivity index (χ1n) is 8.59. The van der Waals surface area contributed by atoms with Gasteiger partial charge in [-0.15, -0.1) is 0 Å². The van der Waals surface area contributed by atoms with Crippen LogP contribution < -0.4 is 10.2 Å². The molecule has 3 rings (SSSR count). The monoisotopic (exact) mass is 412 g/mol. The minimum absolute atomic E-state index is 0.240. The van der Waals surface area contributed by atoms with Gasteiger partial charge in [-0.1, -0.05) is 47.5 Å². The molecule has 0 radical (unpaired) electrons. The molecule has 142 valence electrons. The van der Waals surface area contributed by atoms with Crippen molar-refractivity contribution in [2.45, 2.75) is 13.5 Å². The smallest absolute Gasteiger partial charge is 0.271 e. The Morgan fingerprint density at radius 1 is 1.04 bits per heavy atom. The van der Waals surface area contributed by atoms with Gasteiger partial charge in [0.2, 0.25) is 0 Å². The van der Waals surface area contributed by atoms with Gasteiger partial charge in [0.15, 0.2) is 0 Å².